The van der Waals surface area contributed by atoms with Crippen molar-refractivity contribution in [1.82, 2.24) is 19.6 Å². The summed E-state index contributed by atoms with van der Waals surface area (Å²) in [5.41, 5.74) is 1.92. The average molecular weight is 617 g/mol. The van der Waals surface area contributed by atoms with E-state index >= 15 is 0 Å². The number of carbonyl (C=O) groups excluding carboxylic acids is 3. The Labute approximate surface area is 264 Å². The van der Waals surface area contributed by atoms with Crippen molar-refractivity contribution in [3.63, 3.8) is 0 Å². The summed E-state index contributed by atoms with van der Waals surface area (Å²) < 4.78 is 5.43. The van der Waals surface area contributed by atoms with Gasteiger partial charge in [-0.2, -0.15) is 0 Å². The molecule has 3 heterocycles. The molecule has 10 heteroatoms. The van der Waals surface area contributed by atoms with E-state index in [1.807, 2.05) is 65.6 Å². The second-order valence-electron chi connectivity index (χ2n) is 12.8. The summed E-state index contributed by atoms with van der Waals surface area (Å²) in [5, 5.41) is 10.3. The van der Waals surface area contributed by atoms with Gasteiger partial charge in [0.05, 0.1) is 12.1 Å². The first-order chi connectivity index (χ1) is 21.9. The number of piperazine rings is 1. The van der Waals surface area contributed by atoms with Crippen molar-refractivity contribution in [2.24, 2.45) is 0 Å². The highest BCUT2D eigenvalue weighted by Gasteiger charge is 2.58. The highest BCUT2D eigenvalue weighted by molar-refractivity contribution is 5.96. The molecule has 3 saturated heterocycles. The molecule has 1 aliphatic carbocycles. The molecule has 0 aromatic heterocycles. The van der Waals surface area contributed by atoms with Crippen molar-refractivity contribution in [3.05, 3.63) is 71.8 Å². The third-order valence-corrected chi connectivity index (χ3v) is 10.2. The highest BCUT2D eigenvalue weighted by Crippen LogP contribution is 2.39. The van der Waals surface area contributed by atoms with E-state index in [1.165, 1.54) is 41.9 Å². The monoisotopic (exact) mass is 616 g/mol. The number of benzene rings is 2. The normalized spacial score (nSPS) is 25.2. The lowest BCUT2D eigenvalue weighted by Crippen LogP contribution is -2.74. The quantitative estimate of drug-likeness (QED) is 0.379. The van der Waals surface area contributed by atoms with Gasteiger partial charge < -0.3 is 19.6 Å². The zero-order valence-electron chi connectivity index (χ0n) is 25.8. The summed E-state index contributed by atoms with van der Waals surface area (Å²) in [6.45, 7) is 3.12. The van der Waals surface area contributed by atoms with Crippen LogP contribution in [0.1, 0.15) is 68.5 Å². The number of hydrogen-bond donors (Lipinski definition) is 1. The highest BCUT2D eigenvalue weighted by atomic mass is 16.6. The third kappa shape index (κ3) is 6.71. The zero-order valence-corrected chi connectivity index (χ0v) is 25.8. The van der Waals surface area contributed by atoms with Crippen LogP contribution >= 0.6 is 0 Å². The Morgan fingerprint density at radius 2 is 1.56 bits per heavy atom. The van der Waals surface area contributed by atoms with Crippen LogP contribution in [0.2, 0.25) is 0 Å². The number of ether oxygens (including phenoxy) is 1. The van der Waals surface area contributed by atoms with Crippen molar-refractivity contribution < 1.29 is 29.0 Å². The number of cyclic esters (lactones) is 1. The van der Waals surface area contributed by atoms with Crippen LogP contribution in [0.3, 0.4) is 0 Å². The molecule has 2 unspecified atom stereocenters. The number of carboxylic acid groups (broad SMARTS) is 1. The van der Waals surface area contributed by atoms with Gasteiger partial charge in [0, 0.05) is 38.6 Å². The van der Waals surface area contributed by atoms with E-state index in [1.54, 1.807) is 0 Å². The summed E-state index contributed by atoms with van der Waals surface area (Å²) in [7, 11) is 0. The number of β-lactam (4-membered cyclic amide) rings is 1. The van der Waals surface area contributed by atoms with Crippen LogP contribution in [-0.4, -0.2) is 106 Å². The van der Waals surface area contributed by atoms with Gasteiger partial charge in [-0.1, -0.05) is 79.9 Å². The zero-order chi connectivity index (χ0) is 31.3. The molecule has 0 spiro atoms. The minimum absolute atomic E-state index is 0.0316. The van der Waals surface area contributed by atoms with E-state index in [2.05, 4.69) is 4.90 Å². The lowest BCUT2D eigenvalue weighted by molar-refractivity contribution is -0.172. The number of rotatable bonds is 11. The summed E-state index contributed by atoms with van der Waals surface area (Å²) in [6.07, 6.45) is 6.92. The number of aliphatic carboxylic acids is 1. The third-order valence-electron chi connectivity index (χ3n) is 10.2. The van der Waals surface area contributed by atoms with E-state index in [0.29, 0.717) is 32.0 Å². The van der Waals surface area contributed by atoms with Gasteiger partial charge in [-0.25, -0.2) is 9.59 Å². The smallest absolute Gasteiger partial charge is 0.411 e. The summed E-state index contributed by atoms with van der Waals surface area (Å²) in [5.74, 6) is -1.61. The minimum Gasteiger partial charge on any atom is -0.480 e. The molecule has 1 N–H and O–H groups in total. The van der Waals surface area contributed by atoms with Gasteiger partial charge in [-0.15, -0.1) is 0 Å². The molecule has 4 atom stereocenters. The fourth-order valence-electron chi connectivity index (χ4n) is 7.75. The summed E-state index contributed by atoms with van der Waals surface area (Å²) >= 11 is 0. The Morgan fingerprint density at radius 1 is 0.889 bits per heavy atom. The maximum Gasteiger partial charge on any atom is 0.411 e. The molecule has 1 saturated carbocycles. The van der Waals surface area contributed by atoms with Crippen molar-refractivity contribution in [1.29, 1.82) is 0 Å². The van der Waals surface area contributed by atoms with Gasteiger partial charge in [-0.05, 0) is 43.2 Å². The Hall–Kier alpha value is -3.92. The van der Waals surface area contributed by atoms with Crippen LogP contribution in [0.25, 0.3) is 0 Å². The molecule has 45 heavy (non-hydrogen) atoms. The van der Waals surface area contributed by atoms with Crippen molar-refractivity contribution in [2.45, 2.75) is 88.0 Å². The molecule has 0 radical (unpaired) electrons. The molecule has 0 bridgehead atoms. The number of nitrogens with zero attached hydrogens (tertiary/aromatic N) is 4. The first-order valence-corrected chi connectivity index (χ1v) is 16.5. The van der Waals surface area contributed by atoms with Gasteiger partial charge in [0.1, 0.15) is 18.7 Å². The van der Waals surface area contributed by atoms with Crippen LogP contribution in [-0.2, 0) is 25.5 Å². The SMILES string of the molecule is O=C(O)[C@H](CCC(=O)N1CCN(C2CCCCC2)CC1)N1C(=O)C(N2C(=O)OC[C@@H]2c2ccccc2)C1CCc1ccccc1. The topological polar surface area (TPSA) is 111 Å². The van der Waals surface area contributed by atoms with E-state index in [0.717, 1.165) is 24.2 Å². The van der Waals surface area contributed by atoms with Crippen molar-refractivity contribution in [3.8, 4) is 0 Å². The second-order valence-corrected chi connectivity index (χ2v) is 12.8. The Morgan fingerprint density at radius 3 is 2.22 bits per heavy atom. The summed E-state index contributed by atoms with van der Waals surface area (Å²) in [6, 6.07) is 16.9. The summed E-state index contributed by atoms with van der Waals surface area (Å²) in [4.78, 5) is 60.1. The first kappa shape index (κ1) is 31.1. The number of aryl methyl sites for hydroxylation is 1. The maximum absolute atomic E-state index is 13.9. The van der Waals surface area contributed by atoms with Crippen molar-refractivity contribution >= 4 is 23.9 Å². The largest absolute Gasteiger partial charge is 0.480 e. The lowest BCUT2D eigenvalue weighted by atomic mass is 9.84. The molecular weight excluding hydrogens is 572 g/mol. The van der Waals surface area contributed by atoms with E-state index < -0.39 is 42.1 Å². The van der Waals surface area contributed by atoms with E-state index in [4.69, 9.17) is 4.74 Å². The van der Waals surface area contributed by atoms with E-state index in [9.17, 15) is 24.3 Å². The van der Waals surface area contributed by atoms with Crippen LogP contribution in [0, 0.1) is 0 Å². The molecule has 240 valence electrons. The average Bonchev–Trinajstić information content (AvgIpc) is 3.45. The molecule has 4 fully saturated rings. The Kier molecular flexibility index (Phi) is 9.68. The van der Waals surface area contributed by atoms with Gasteiger partial charge >= 0.3 is 12.1 Å². The molecule has 6 rings (SSSR count). The number of likely N-dealkylation sites (tertiary alicyclic amines) is 1. The Balaban J connectivity index is 1.14. The second kappa shape index (κ2) is 14.0. The van der Waals surface area contributed by atoms with Crippen molar-refractivity contribution in [2.75, 3.05) is 32.8 Å². The molecule has 3 aliphatic heterocycles. The maximum atomic E-state index is 13.9. The van der Waals surface area contributed by atoms with Crippen LogP contribution in [0.4, 0.5) is 4.79 Å². The molecular formula is C35H44N4O6. The number of amides is 3. The number of carboxylic acids is 1. The number of carbonyl (C=O) groups is 4. The molecule has 2 aromatic rings. The van der Waals surface area contributed by atoms with Crippen LogP contribution in [0.5, 0.6) is 0 Å². The standard InChI is InChI=1S/C35H44N4O6/c40-31(37-22-20-36(21-23-37)27-14-8-3-9-15-27)19-18-29(34(42)43)38-28(17-16-25-10-4-1-5-11-25)32(33(38)41)39-30(24-45-35(39)44)26-12-6-2-7-13-26/h1-2,4-7,10-13,27-30,32H,3,8-9,14-24H2,(H,42,43)/t28?,29-,30+,32?/m0/s1. The lowest BCUT2D eigenvalue weighted by Gasteiger charge is -2.53. The van der Waals surface area contributed by atoms with Crippen LogP contribution < -0.4 is 0 Å². The predicted molar refractivity (Wildman–Crippen MR) is 167 cm³/mol. The molecule has 2 aromatic carbocycles. The first-order valence-electron chi connectivity index (χ1n) is 16.5. The van der Waals surface area contributed by atoms with Gasteiger partial charge in [-0.3, -0.25) is 19.4 Å². The Bertz CT molecular complexity index is 1340. The van der Waals surface area contributed by atoms with Gasteiger partial charge in [0.2, 0.25) is 11.8 Å². The molecule has 3 amide bonds. The van der Waals surface area contributed by atoms with Crippen LogP contribution in [0.15, 0.2) is 60.7 Å². The molecule has 10 nitrogen and oxygen atoms in total. The van der Waals surface area contributed by atoms with Gasteiger partial charge in [0.15, 0.2) is 0 Å². The van der Waals surface area contributed by atoms with E-state index in [-0.39, 0.29) is 25.4 Å². The fourth-order valence-corrected chi connectivity index (χ4v) is 7.75. The minimum atomic E-state index is -1.16. The van der Waals surface area contributed by atoms with Gasteiger partial charge in [0.25, 0.3) is 0 Å². The predicted octanol–water partition coefficient (Wildman–Crippen LogP) is 4.10. The molecule has 4 aliphatic rings. The number of hydrogen-bond acceptors (Lipinski definition) is 6. The fraction of sp³-hybridized carbons (Fsp3) is 0.543.